The van der Waals surface area contributed by atoms with Crippen LogP contribution in [0, 0.1) is 6.92 Å². The van der Waals surface area contributed by atoms with Crippen LogP contribution in [0.5, 0.6) is 5.75 Å². The molecule has 0 aliphatic rings. The molecule has 0 spiro atoms. The lowest BCUT2D eigenvalue weighted by atomic mass is 10.1. The standard InChI is InChI=1S/C16H18BrNO/c1-11-7-8-16(14(9-11)12(2)18)19-10-13-5-3-4-6-15(13)17/h3-9,12H,10,18H2,1-2H3. The van der Waals surface area contributed by atoms with Gasteiger partial charge in [0.2, 0.25) is 0 Å². The van der Waals surface area contributed by atoms with Crippen LogP contribution in [-0.2, 0) is 6.61 Å². The maximum atomic E-state index is 5.99. The van der Waals surface area contributed by atoms with E-state index in [0.717, 1.165) is 21.3 Å². The molecule has 0 aromatic heterocycles. The van der Waals surface area contributed by atoms with Gasteiger partial charge in [-0.15, -0.1) is 0 Å². The van der Waals surface area contributed by atoms with Gasteiger partial charge in [-0.1, -0.05) is 51.8 Å². The van der Waals surface area contributed by atoms with Gasteiger partial charge in [-0.25, -0.2) is 0 Å². The van der Waals surface area contributed by atoms with Crippen LogP contribution < -0.4 is 10.5 Å². The van der Waals surface area contributed by atoms with Crippen molar-refractivity contribution < 1.29 is 4.74 Å². The van der Waals surface area contributed by atoms with Gasteiger partial charge in [0, 0.05) is 21.6 Å². The Morgan fingerprint density at radius 3 is 2.63 bits per heavy atom. The first-order chi connectivity index (χ1) is 9.08. The summed E-state index contributed by atoms with van der Waals surface area (Å²) < 4.78 is 6.97. The molecule has 0 aliphatic heterocycles. The van der Waals surface area contributed by atoms with Gasteiger partial charge >= 0.3 is 0 Å². The van der Waals surface area contributed by atoms with Gasteiger partial charge in [-0.2, -0.15) is 0 Å². The smallest absolute Gasteiger partial charge is 0.124 e. The molecule has 0 amide bonds. The van der Waals surface area contributed by atoms with E-state index in [2.05, 4.69) is 28.9 Å². The second-order valence-corrected chi connectivity index (χ2v) is 5.56. The van der Waals surface area contributed by atoms with E-state index in [-0.39, 0.29) is 6.04 Å². The Labute approximate surface area is 122 Å². The maximum Gasteiger partial charge on any atom is 0.124 e. The fourth-order valence-corrected chi connectivity index (χ4v) is 2.33. The number of rotatable bonds is 4. The van der Waals surface area contributed by atoms with Gasteiger partial charge < -0.3 is 10.5 Å². The van der Waals surface area contributed by atoms with Crippen LogP contribution in [-0.4, -0.2) is 0 Å². The zero-order chi connectivity index (χ0) is 13.8. The summed E-state index contributed by atoms with van der Waals surface area (Å²) in [6.45, 7) is 4.56. The molecule has 0 radical (unpaired) electrons. The van der Waals surface area contributed by atoms with Gasteiger partial charge in [-0.3, -0.25) is 0 Å². The number of halogens is 1. The summed E-state index contributed by atoms with van der Waals surface area (Å²) in [5.41, 5.74) is 9.36. The SMILES string of the molecule is Cc1ccc(OCc2ccccc2Br)c(C(C)N)c1. The Kier molecular flexibility index (Phi) is 4.61. The molecule has 0 bridgehead atoms. The van der Waals surface area contributed by atoms with Crippen molar-refractivity contribution in [3.05, 3.63) is 63.6 Å². The summed E-state index contributed by atoms with van der Waals surface area (Å²) in [6.07, 6.45) is 0. The van der Waals surface area contributed by atoms with E-state index in [0.29, 0.717) is 6.61 Å². The summed E-state index contributed by atoms with van der Waals surface area (Å²) >= 11 is 3.52. The van der Waals surface area contributed by atoms with Gasteiger partial charge in [-0.05, 0) is 26.0 Å². The Balaban J connectivity index is 2.18. The van der Waals surface area contributed by atoms with Gasteiger partial charge in [0.25, 0.3) is 0 Å². The minimum absolute atomic E-state index is 0.0332. The number of ether oxygens (including phenoxy) is 1. The number of hydrogen-bond acceptors (Lipinski definition) is 2. The maximum absolute atomic E-state index is 5.99. The number of nitrogens with two attached hydrogens (primary N) is 1. The first-order valence-corrected chi connectivity index (χ1v) is 7.09. The molecular weight excluding hydrogens is 302 g/mol. The molecule has 100 valence electrons. The second-order valence-electron chi connectivity index (χ2n) is 4.71. The average Bonchev–Trinajstić information content (AvgIpc) is 2.38. The highest BCUT2D eigenvalue weighted by Crippen LogP contribution is 2.26. The predicted octanol–water partition coefficient (Wildman–Crippen LogP) is 4.36. The molecule has 0 fully saturated rings. The zero-order valence-corrected chi connectivity index (χ0v) is 12.8. The quantitative estimate of drug-likeness (QED) is 0.908. The minimum Gasteiger partial charge on any atom is -0.489 e. The summed E-state index contributed by atoms with van der Waals surface area (Å²) in [5, 5.41) is 0. The number of hydrogen-bond donors (Lipinski definition) is 1. The first kappa shape index (κ1) is 14.1. The monoisotopic (exact) mass is 319 g/mol. The lowest BCUT2D eigenvalue weighted by Gasteiger charge is -2.15. The molecule has 0 saturated carbocycles. The number of aryl methyl sites for hydroxylation is 1. The topological polar surface area (TPSA) is 35.2 Å². The highest BCUT2D eigenvalue weighted by molar-refractivity contribution is 9.10. The van der Waals surface area contributed by atoms with Crippen LogP contribution in [0.1, 0.15) is 29.7 Å². The van der Waals surface area contributed by atoms with Crippen LogP contribution in [0.15, 0.2) is 46.9 Å². The Morgan fingerprint density at radius 1 is 1.21 bits per heavy atom. The van der Waals surface area contributed by atoms with Crippen molar-refractivity contribution in [1.29, 1.82) is 0 Å². The van der Waals surface area contributed by atoms with Crippen molar-refractivity contribution in [3.63, 3.8) is 0 Å². The molecule has 2 aromatic rings. The lowest BCUT2D eigenvalue weighted by Crippen LogP contribution is -2.08. The predicted molar refractivity (Wildman–Crippen MR) is 82.3 cm³/mol. The van der Waals surface area contributed by atoms with Gasteiger partial charge in [0.15, 0.2) is 0 Å². The van der Waals surface area contributed by atoms with E-state index in [1.807, 2.05) is 43.3 Å². The van der Waals surface area contributed by atoms with Crippen molar-refractivity contribution in [2.24, 2.45) is 5.73 Å². The minimum atomic E-state index is -0.0332. The van der Waals surface area contributed by atoms with Crippen molar-refractivity contribution in [1.82, 2.24) is 0 Å². The normalized spacial score (nSPS) is 12.2. The number of benzene rings is 2. The molecule has 1 atom stereocenters. The molecule has 0 heterocycles. The summed E-state index contributed by atoms with van der Waals surface area (Å²) in [7, 11) is 0. The first-order valence-electron chi connectivity index (χ1n) is 6.30. The van der Waals surface area contributed by atoms with Crippen LogP contribution in [0.25, 0.3) is 0 Å². The lowest BCUT2D eigenvalue weighted by molar-refractivity contribution is 0.300. The van der Waals surface area contributed by atoms with Crippen LogP contribution in [0.4, 0.5) is 0 Å². The Bertz CT molecular complexity index is 566. The van der Waals surface area contributed by atoms with Crippen molar-refractivity contribution >= 4 is 15.9 Å². The summed E-state index contributed by atoms with van der Waals surface area (Å²) in [4.78, 5) is 0. The highest BCUT2D eigenvalue weighted by atomic mass is 79.9. The molecule has 3 heteroatoms. The van der Waals surface area contributed by atoms with Gasteiger partial charge in [0.1, 0.15) is 12.4 Å². The molecule has 0 aliphatic carbocycles. The second kappa shape index (κ2) is 6.22. The molecular formula is C16H18BrNO. The van der Waals surface area contributed by atoms with E-state index >= 15 is 0 Å². The highest BCUT2D eigenvalue weighted by Gasteiger charge is 2.09. The zero-order valence-electron chi connectivity index (χ0n) is 11.2. The van der Waals surface area contributed by atoms with E-state index in [1.165, 1.54) is 5.56 Å². The third kappa shape index (κ3) is 3.58. The third-order valence-corrected chi connectivity index (χ3v) is 3.77. The average molecular weight is 320 g/mol. The fraction of sp³-hybridized carbons (Fsp3) is 0.250. The molecule has 19 heavy (non-hydrogen) atoms. The molecule has 2 nitrogen and oxygen atoms in total. The van der Waals surface area contributed by atoms with Crippen molar-refractivity contribution in [2.75, 3.05) is 0 Å². The van der Waals surface area contributed by atoms with Crippen molar-refractivity contribution in [2.45, 2.75) is 26.5 Å². The Hall–Kier alpha value is -1.32. The molecule has 0 saturated heterocycles. The van der Waals surface area contributed by atoms with Crippen molar-refractivity contribution in [3.8, 4) is 5.75 Å². The summed E-state index contributed by atoms with van der Waals surface area (Å²) in [6, 6.07) is 14.1. The molecule has 1 unspecified atom stereocenters. The van der Waals surface area contributed by atoms with Crippen LogP contribution in [0.3, 0.4) is 0 Å². The molecule has 2 N–H and O–H groups in total. The third-order valence-electron chi connectivity index (χ3n) is 3.00. The van der Waals surface area contributed by atoms with Crippen LogP contribution >= 0.6 is 15.9 Å². The Morgan fingerprint density at radius 2 is 1.95 bits per heavy atom. The molecule has 2 rings (SSSR count). The van der Waals surface area contributed by atoms with E-state index < -0.39 is 0 Å². The van der Waals surface area contributed by atoms with E-state index in [9.17, 15) is 0 Å². The van der Waals surface area contributed by atoms with E-state index in [1.54, 1.807) is 0 Å². The summed E-state index contributed by atoms with van der Waals surface area (Å²) in [5.74, 6) is 0.858. The fourth-order valence-electron chi connectivity index (χ4n) is 1.93. The van der Waals surface area contributed by atoms with Crippen LogP contribution in [0.2, 0.25) is 0 Å². The van der Waals surface area contributed by atoms with E-state index in [4.69, 9.17) is 10.5 Å². The largest absolute Gasteiger partial charge is 0.489 e. The molecule has 2 aromatic carbocycles. The van der Waals surface area contributed by atoms with Gasteiger partial charge in [0.05, 0.1) is 0 Å².